The molecule has 0 aromatic heterocycles. The predicted molar refractivity (Wildman–Crippen MR) is 69.8 cm³/mol. The van der Waals surface area contributed by atoms with E-state index in [1.165, 1.54) is 4.90 Å². The second-order valence-electron chi connectivity index (χ2n) is 5.49. The lowest BCUT2D eigenvalue weighted by Gasteiger charge is -2.22. The Hall–Kier alpha value is -2.24. The van der Waals surface area contributed by atoms with Crippen LogP contribution in [-0.4, -0.2) is 35.7 Å². The van der Waals surface area contributed by atoms with Gasteiger partial charge in [-0.15, -0.1) is 0 Å². The summed E-state index contributed by atoms with van der Waals surface area (Å²) in [7, 11) is 0. The van der Waals surface area contributed by atoms with Gasteiger partial charge in [-0.1, -0.05) is 0 Å². The molecule has 20 heavy (non-hydrogen) atoms. The van der Waals surface area contributed by atoms with Crippen molar-refractivity contribution in [1.82, 2.24) is 4.90 Å². The van der Waals surface area contributed by atoms with Crippen molar-refractivity contribution in [2.24, 2.45) is 0 Å². The largest absolute Gasteiger partial charge is 0.454 e. The lowest BCUT2D eigenvalue weighted by molar-refractivity contribution is -0.123. The van der Waals surface area contributed by atoms with E-state index in [-0.39, 0.29) is 18.7 Å². The highest BCUT2D eigenvalue weighted by atomic mass is 16.7. The second-order valence-corrected chi connectivity index (χ2v) is 5.49. The lowest BCUT2D eigenvalue weighted by atomic mass is 9.99. The number of benzene rings is 1. The SMILES string of the molecule is CC12CCCN1C(=O)N(c1ccc3c(c1)OCO3)C2=O. The molecule has 6 heteroatoms. The zero-order chi connectivity index (χ0) is 13.9. The number of carbonyl (C=O) groups excluding carboxylic acids is 2. The van der Waals surface area contributed by atoms with Crippen molar-refractivity contribution in [2.75, 3.05) is 18.2 Å². The molecule has 0 N–H and O–H groups in total. The highest BCUT2D eigenvalue weighted by Gasteiger charge is 2.56. The van der Waals surface area contributed by atoms with Gasteiger partial charge in [0.1, 0.15) is 5.54 Å². The average Bonchev–Trinajstić information content (AvgIpc) is 3.08. The first-order valence-corrected chi connectivity index (χ1v) is 6.67. The summed E-state index contributed by atoms with van der Waals surface area (Å²) in [5, 5.41) is 0. The Bertz CT molecular complexity index is 630. The summed E-state index contributed by atoms with van der Waals surface area (Å²) >= 11 is 0. The minimum absolute atomic E-state index is 0.154. The lowest BCUT2D eigenvalue weighted by Crippen LogP contribution is -2.41. The topological polar surface area (TPSA) is 59.1 Å². The van der Waals surface area contributed by atoms with Gasteiger partial charge in [0.05, 0.1) is 5.69 Å². The average molecular weight is 274 g/mol. The Kier molecular flexibility index (Phi) is 2.11. The molecule has 1 aromatic rings. The first-order chi connectivity index (χ1) is 9.61. The molecule has 4 rings (SSSR count). The van der Waals surface area contributed by atoms with E-state index in [1.54, 1.807) is 23.1 Å². The maximum absolute atomic E-state index is 12.6. The van der Waals surface area contributed by atoms with Crippen molar-refractivity contribution < 1.29 is 19.1 Å². The number of carbonyl (C=O) groups is 2. The van der Waals surface area contributed by atoms with Crippen molar-refractivity contribution in [3.63, 3.8) is 0 Å². The molecule has 2 fully saturated rings. The standard InChI is InChI=1S/C14H14N2O4/c1-14-5-2-6-15(14)13(18)16(12(14)17)9-3-4-10-11(7-9)20-8-19-10/h3-4,7H,2,5-6,8H2,1H3. The molecule has 0 aliphatic carbocycles. The summed E-state index contributed by atoms with van der Waals surface area (Å²) in [5.41, 5.74) is -0.145. The summed E-state index contributed by atoms with van der Waals surface area (Å²) in [4.78, 5) is 28.0. The van der Waals surface area contributed by atoms with E-state index in [0.29, 0.717) is 23.7 Å². The molecule has 3 amide bonds. The summed E-state index contributed by atoms with van der Waals surface area (Å²) in [6.07, 6.45) is 1.60. The normalized spacial score (nSPS) is 27.4. The van der Waals surface area contributed by atoms with Gasteiger partial charge in [0.2, 0.25) is 6.79 Å². The van der Waals surface area contributed by atoms with Gasteiger partial charge in [0, 0.05) is 12.6 Å². The molecule has 1 aromatic carbocycles. The molecule has 0 saturated carbocycles. The number of imide groups is 1. The van der Waals surface area contributed by atoms with Crippen LogP contribution in [0, 0.1) is 0 Å². The van der Waals surface area contributed by atoms with Crippen molar-refractivity contribution in [2.45, 2.75) is 25.3 Å². The van der Waals surface area contributed by atoms with Crippen LogP contribution in [-0.2, 0) is 4.79 Å². The number of fused-ring (bicyclic) bond motifs is 2. The molecule has 104 valence electrons. The number of nitrogens with zero attached hydrogens (tertiary/aromatic N) is 2. The fourth-order valence-corrected chi connectivity index (χ4v) is 3.19. The van der Waals surface area contributed by atoms with E-state index in [9.17, 15) is 9.59 Å². The fourth-order valence-electron chi connectivity index (χ4n) is 3.19. The molecule has 1 unspecified atom stereocenters. The van der Waals surface area contributed by atoms with E-state index in [1.807, 2.05) is 6.92 Å². The number of hydrogen-bond acceptors (Lipinski definition) is 4. The monoisotopic (exact) mass is 274 g/mol. The Labute approximate surface area is 115 Å². The fraction of sp³-hybridized carbons (Fsp3) is 0.429. The quantitative estimate of drug-likeness (QED) is 0.732. The number of urea groups is 1. The minimum atomic E-state index is -0.687. The predicted octanol–water partition coefficient (Wildman–Crippen LogP) is 1.74. The minimum Gasteiger partial charge on any atom is -0.454 e. The number of amides is 3. The van der Waals surface area contributed by atoms with Crippen LogP contribution in [0.5, 0.6) is 11.5 Å². The van der Waals surface area contributed by atoms with Gasteiger partial charge in [-0.3, -0.25) is 4.79 Å². The van der Waals surface area contributed by atoms with Gasteiger partial charge in [-0.25, -0.2) is 9.69 Å². The van der Waals surface area contributed by atoms with Crippen LogP contribution in [0.1, 0.15) is 19.8 Å². The highest BCUT2D eigenvalue weighted by Crippen LogP contribution is 2.42. The zero-order valence-electron chi connectivity index (χ0n) is 11.1. The Morgan fingerprint density at radius 1 is 1.20 bits per heavy atom. The highest BCUT2D eigenvalue weighted by molar-refractivity contribution is 6.23. The van der Waals surface area contributed by atoms with Crippen LogP contribution in [0.4, 0.5) is 10.5 Å². The molecule has 3 aliphatic heterocycles. The van der Waals surface area contributed by atoms with Crippen molar-refractivity contribution >= 4 is 17.6 Å². The molecule has 2 saturated heterocycles. The Balaban J connectivity index is 1.76. The van der Waals surface area contributed by atoms with Gasteiger partial charge in [0.15, 0.2) is 11.5 Å². The van der Waals surface area contributed by atoms with Crippen molar-refractivity contribution in [3.05, 3.63) is 18.2 Å². The molecule has 1 atom stereocenters. The van der Waals surface area contributed by atoms with Crippen LogP contribution < -0.4 is 14.4 Å². The van der Waals surface area contributed by atoms with E-state index in [4.69, 9.17) is 9.47 Å². The van der Waals surface area contributed by atoms with E-state index >= 15 is 0 Å². The van der Waals surface area contributed by atoms with Gasteiger partial charge >= 0.3 is 6.03 Å². The number of ether oxygens (including phenoxy) is 2. The van der Waals surface area contributed by atoms with Crippen LogP contribution >= 0.6 is 0 Å². The molecule has 0 radical (unpaired) electrons. The summed E-state index contributed by atoms with van der Waals surface area (Å²) in [6, 6.07) is 4.89. The number of hydrogen-bond donors (Lipinski definition) is 0. The first kappa shape index (κ1) is 11.6. The van der Waals surface area contributed by atoms with Gasteiger partial charge in [0.25, 0.3) is 5.91 Å². The van der Waals surface area contributed by atoms with E-state index < -0.39 is 5.54 Å². The van der Waals surface area contributed by atoms with Gasteiger partial charge in [-0.2, -0.15) is 0 Å². The van der Waals surface area contributed by atoms with Crippen LogP contribution in [0.15, 0.2) is 18.2 Å². The molecule has 0 spiro atoms. The number of rotatable bonds is 1. The molecule has 6 nitrogen and oxygen atoms in total. The third kappa shape index (κ3) is 1.28. The smallest absolute Gasteiger partial charge is 0.332 e. The summed E-state index contributed by atoms with van der Waals surface area (Å²) in [5.74, 6) is 1.05. The second kappa shape index (κ2) is 3.65. The van der Waals surface area contributed by atoms with Crippen LogP contribution in [0.3, 0.4) is 0 Å². The van der Waals surface area contributed by atoms with Crippen molar-refractivity contribution in [1.29, 1.82) is 0 Å². The molecular formula is C14H14N2O4. The maximum atomic E-state index is 12.6. The molecule has 3 aliphatic rings. The Morgan fingerprint density at radius 3 is 2.80 bits per heavy atom. The van der Waals surface area contributed by atoms with Gasteiger partial charge in [-0.05, 0) is 31.9 Å². The molecule has 0 bridgehead atoms. The van der Waals surface area contributed by atoms with Crippen LogP contribution in [0.25, 0.3) is 0 Å². The van der Waals surface area contributed by atoms with E-state index in [2.05, 4.69) is 0 Å². The van der Waals surface area contributed by atoms with Crippen LogP contribution in [0.2, 0.25) is 0 Å². The van der Waals surface area contributed by atoms with Crippen molar-refractivity contribution in [3.8, 4) is 11.5 Å². The zero-order valence-corrected chi connectivity index (χ0v) is 11.1. The maximum Gasteiger partial charge on any atom is 0.332 e. The third-order valence-corrected chi connectivity index (χ3v) is 4.34. The number of anilines is 1. The molecule has 3 heterocycles. The molecular weight excluding hydrogens is 260 g/mol. The van der Waals surface area contributed by atoms with Gasteiger partial charge < -0.3 is 14.4 Å². The first-order valence-electron chi connectivity index (χ1n) is 6.67. The van der Waals surface area contributed by atoms with E-state index in [0.717, 1.165) is 12.8 Å². The summed E-state index contributed by atoms with van der Waals surface area (Å²) < 4.78 is 10.5. The third-order valence-electron chi connectivity index (χ3n) is 4.34. The summed E-state index contributed by atoms with van der Waals surface area (Å²) in [6.45, 7) is 2.65. The Morgan fingerprint density at radius 2 is 2.00 bits per heavy atom.